The molecule has 0 saturated heterocycles. The Morgan fingerprint density at radius 2 is 2.04 bits per heavy atom. The topological polar surface area (TPSA) is 95.2 Å². The maximum absolute atomic E-state index is 11.9. The average molecular weight is 333 g/mol. The largest absolute Gasteiger partial charge is 0.493 e. The van der Waals surface area contributed by atoms with E-state index in [9.17, 15) is 4.79 Å². The molecule has 0 aliphatic carbocycles. The van der Waals surface area contributed by atoms with E-state index >= 15 is 0 Å². The minimum absolute atomic E-state index is 0.330. The van der Waals surface area contributed by atoms with Crippen molar-refractivity contribution in [1.29, 1.82) is 0 Å². The van der Waals surface area contributed by atoms with Crippen molar-refractivity contribution >= 4 is 17.9 Å². The molecule has 0 saturated carbocycles. The zero-order valence-corrected chi connectivity index (χ0v) is 13.9. The molecule has 1 aromatic heterocycles. The molecule has 1 heterocycles. The molecule has 1 N–H and O–H groups in total. The van der Waals surface area contributed by atoms with Gasteiger partial charge in [0.05, 0.1) is 20.4 Å². The highest BCUT2D eigenvalue weighted by Gasteiger charge is 2.15. The number of aromatic nitrogens is 1. The van der Waals surface area contributed by atoms with E-state index in [1.165, 1.54) is 6.21 Å². The van der Waals surface area contributed by atoms with Crippen LogP contribution in [0, 0.1) is 6.92 Å². The minimum atomic E-state index is -0.793. The fourth-order valence-electron chi connectivity index (χ4n) is 1.82. The Morgan fingerprint density at radius 3 is 2.67 bits per heavy atom. The monoisotopic (exact) mass is 333 g/mol. The Bertz CT molecular complexity index is 726. The van der Waals surface area contributed by atoms with Gasteiger partial charge in [0.2, 0.25) is 6.10 Å². The molecule has 0 aliphatic heterocycles. The summed E-state index contributed by atoms with van der Waals surface area (Å²) in [5.74, 6) is 1.75. The van der Waals surface area contributed by atoms with Crippen LogP contribution in [0.1, 0.15) is 18.2 Å². The summed E-state index contributed by atoms with van der Waals surface area (Å²) in [6, 6.07) is 6.90. The molecule has 1 unspecified atom stereocenters. The number of oxime groups is 1. The number of carbonyl (C=O) groups is 1. The molecule has 0 bridgehead atoms. The highest BCUT2D eigenvalue weighted by atomic mass is 16.6. The van der Waals surface area contributed by atoms with Gasteiger partial charge >= 0.3 is 0 Å². The lowest BCUT2D eigenvalue weighted by Gasteiger charge is -2.09. The van der Waals surface area contributed by atoms with Crippen LogP contribution in [0.4, 0.5) is 5.82 Å². The molecule has 2 rings (SSSR count). The van der Waals surface area contributed by atoms with Gasteiger partial charge in [0.15, 0.2) is 17.3 Å². The quantitative estimate of drug-likeness (QED) is 0.617. The van der Waals surface area contributed by atoms with Crippen LogP contribution in [0.25, 0.3) is 0 Å². The number of nitrogens with zero attached hydrogens (tertiary/aromatic N) is 2. The summed E-state index contributed by atoms with van der Waals surface area (Å²) < 4.78 is 15.2. The van der Waals surface area contributed by atoms with Gasteiger partial charge in [0.25, 0.3) is 5.91 Å². The smallest absolute Gasteiger partial charge is 0.269 e. The van der Waals surface area contributed by atoms with Crippen molar-refractivity contribution in [2.75, 3.05) is 19.5 Å². The SMILES string of the molecule is COc1ccc(/C=N/OC(C)C(=O)Nc2cc(C)on2)cc1OC. The van der Waals surface area contributed by atoms with Crippen LogP contribution in [0.3, 0.4) is 0 Å². The lowest BCUT2D eigenvalue weighted by Crippen LogP contribution is -2.26. The molecule has 0 aliphatic rings. The lowest BCUT2D eigenvalue weighted by molar-refractivity contribution is -0.126. The van der Waals surface area contributed by atoms with Crippen molar-refractivity contribution in [2.24, 2.45) is 5.16 Å². The number of ether oxygens (including phenoxy) is 2. The third-order valence-corrected chi connectivity index (χ3v) is 3.08. The zero-order valence-electron chi connectivity index (χ0n) is 13.9. The second kappa shape index (κ2) is 8.00. The van der Waals surface area contributed by atoms with Gasteiger partial charge < -0.3 is 24.2 Å². The predicted octanol–water partition coefficient (Wildman–Crippen LogP) is 2.38. The van der Waals surface area contributed by atoms with E-state index in [-0.39, 0.29) is 5.91 Å². The van der Waals surface area contributed by atoms with Crippen LogP contribution in [0.5, 0.6) is 11.5 Å². The molecular weight excluding hydrogens is 314 g/mol. The number of amides is 1. The van der Waals surface area contributed by atoms with Crippen LogP contribution >= 0.6 is 0 Å². The van der Waals surface area contributed by atoms with Crippen molar-refractivity contribution < 1.29 is 23.6 Å². The summed E-state index contributed by atoms with van der Waals surface area (Å²) in [5.41, 5.74) is 0.743. The average Bonchev–Trinajstić information content (AvgIpc) is 2.99. The molecule has 0 fully saturated rings. The molecule has 0 radical (unpaired) electrons. The maximum Gasteiger partial charge on any atom is 0.269 e. The molecule has 24 heavy (non-hydrogen) atoms. The number of methoxy groups -OCH3 is 2. The van der Waals surface area contributed by atoms with Gasteiger partial charge in [0.1, 0.15) is 5.76 Å². The number of hydrogen-bond donors (Lipinski definition) is 1. The molecular formula is C16H19N3O5. The summed E-state index contributed by atoms with van der Waals surface area (Å²) in [6.07, 6.45) is 0.685. The number of aryl methyl sites for hydroxylation is 1. The van der Waals surface area contributed by atoms with Crippen LogP contribution in [0.2, 0.25) is 0 Å². The normalized spacial score (nSPS) is 12.0. The molecule has 2 aromatic rings. The molecule has 1 atom stereocenters. The van der Waals surface area contributed by atoms with E-state index in [4.69, 9.17) is 18.8 Å². The van der Waals surface area contributed by atoms with Crippen LogP contribution in [-0.2, 0) is 9.63 Å². The van der Waals surface area contributed by atoms with E-state index in [0.29, 0.717) is 23.1 Å². The van der Waals surface area contributed by atoms with Gasteiger partial charge in [-0.25, -0.2) is 0 Å². The van der Waals surface area contributed by atoms with E-state index in [2.05, 4.69) is 15.6 Å². The number of hydrogen-bond acceptors (Lipinski definition) is 7. The van der Waals surface area contributed by atoms with Crippen molar-refractivity contribution in [2.45, 2.75) is 20.0 Å². The second-order valence-corrected chi connectivity index (χ2v) is 4.91. The summed E-state index contributed by atoms with van der Waals surface area (Å²) in [7, 11) is 3.11. The Labute approximate surface area is 139 Å². The number of benzene rings is 1. The predicted molar refractivity (Wildman–Crippen MR) is 87.6 cm³/mol. The van der Waals surface area contributed by atoms with Gasteiger partial charge in [-0.15, -0.1) is 0 Å². The fourth-order valence-corrected chi connectivity index (χ4v) is 1.82. The number of anilines is 1. The van der Waals surface area contributed by atoms with Gasteiger partial charge in [-0.05, 0) is 32.0 Å². The molecule has 0 spiro atoms. The molecule has 128 valence electrons. The van der Waals surface area contributed by atoms with E-state index in [1.807, 2.05) is 0 Å². The summed E-state index contributed by atoms with van der Waals surface area (Å²) in [5, 5.41) is 10.1. The third-order valence-electron chi connectivity index (χ3n) is 3.08. The Hall–Kier alpha value is -3.03. The first-order chi connectivity index (χ1) is 11.5. The highest BCUT2D eigenvalue weighted by Crippen LogP contribution is 2.26. The summed E-state index contributed by atoms with van der Waals surface area (Å²) >= 11 is 0. The van der Waals surface area contributed by atoms with Gasteiger partial charge in [-0.2, -0.15) is 0 Å². The van der Waals surface area contributed by atoms with Crippen LogP contribution in [-0.4, -0.2) is 37.6 Å². The first kappa shape index (κ1) is 17.3. The maximum atomic E-state index is 11.9. The Morgan fingerprint density at radius 1 is 1.29 bits per heavy atom. The minimum Gasteiger partial charge on any atom is -0.493 e. The van der Waals surface area contributed by atoms with Crippen LogP contribution < -0.4 is 14.8 Å². The standard InChI is InChI=1S/C16H19N3O5/c1-10-7-15(19-23-10)18-16(20)11(2)24-17-9-12-5-6-13(21-3)14(8-12)22-4/h5-9,11H,1-4H3,(H,18,19,20)/b17-9+. The third kappa shape index (κ3) is 4.48. The Balaban J connectivity index is 1.91. The molecule has 8 nitrogen and oxygen atoms in total. The van der Waals surface area contributed by atoms with Gasteiger partial charge in [-0.3, -0.25) is 4.79 Å². The number of carbonyl (C=O) groups excluding carboxylic acids is 1. The molecule has 1 aromatic carbocycles. The summed E-state index contributed by atoms with van der Waals surface area (Å²) in [4.78, 5) is 17.1. The van der Waals surface area contributed by atoms with Crippen molar-refractivity contribution in [3.63, 3.8) is 0 Å². The van der Waals surface area contributed by atoms with E-state index in [1.54, 1.807) is 52.3 Å². The van der Waals surface area contributed by atoms with Crippen molar-refractivity contribution in [3.8, 4) is 11.5 Å². The molecule has 1 amide bonds. The first-order valence-electron chi connectivity index (χ1n) is 7.19. The zero-order chi connectivity index (χ0) is 17.5. The van der Waals surface area contributed by atoms with Crippen molar-refractivity contribution in [1.82, 2.24) is 5.16 Å². The second-order valence-electron chi connectivity index (χ2n) is 4.91. The Kier molecular flexibility index (Phi) is 5.78. The fraction of sp³-hybridized carbons (Fsp3) is 0.312. The lowest BCUT2D eigenvalue weighted by atomic mass is 10.2. The van der Waals surface area contributed by atoms with Gasteiger partial charge in [0, 0.05) is 11.6 Å². The first-order valence-corrected chi connectivity index (χ1v) is 7.19. The number of nitrogens with one attached hydrogen (secondary N) is 1. The number of rotatable bonds is 7. The summed E-state index contributed by atoms with van der Waals surface area (Å²) in [6.45, 7) is 3.31. The highest BCUT2D eigenvalue weighted by molar-refractivity contribution is 5.93. The molecule has 8 heteroatoms. The van der Waals surface area contributed by atoms with Crippen LogP contribution in [0.15, 0.2) is 33.9 Å². The van der Waals surface area contributed by atoms with Gasteiger partial charge in [-0.1, -0.05) is 10.3 Å². The van der Waals surface area contributed by atoms with E-state index < -0.39 is 6.10 Å². The van der Waals surface area contributed by atoms with E-state index in [0.717, 1.165) is 5.56 Å². The van der Waals surface area contributed by atoms with Crippen molar-refractivity contribution in [3.05, 3.63) is 35.6 Å².